The molecule has 0 aliphatic heterocycles. The number of nitrogens with two attached hydrogens (primary N) is 1. The summed E-state index contributed by atoms with van der Waals surface area (Å²) in [4.78, 5) is 2.36. The van der Waals surface area contributed by atoms with Gasteiger partial charge in [0.15, 0.2) is 0 Å². The summed E-state index contributed by atoms with van der Waals surface area (Å²) in [5.74, 6) is 0. The molecule has 4 nitrogen and oxygen atoms in total. The molecule has 21 heavy (non-hydrogen) atoms. The van der Waals surface area contributed by atoms with Crippen LogP contribution in [0.2, 0.25) is 0 Å². The van der Waals surface area contributed by atoms with E-state index in [9.17, 15) is 0 Å². The molecule has 0 aliphatic carbocycles. The summed E-state index contributed by atoms with van der Waals surface area (Å²) in [7, 11) is 0. The molecule has 1 heterocycles. The summed E-state index contributed by atoms with van der Waals surface area (Å²) in [6.07, 6.45) is 5.21. The molecule has 0 spiro atoms. The summed E-state index contributed by atoms with van der Waals surface area (Å²) < 4.78 is 2.01. The zero-order valence-electron chi connectivity index (χ0n) is 12.6. The fourth-order valence-electron chi connectivity index (χ4n) is 2.34. The van der Waals surface area contributed by atoms with Crippen LogP contribution in [-0.4, -0.2) is 27.8 Å². The number of halogens is 1. The van der Waals surface area contributed by atoms with Crippen LogP contribution >= 0.6 is 12.4 Å². The molecule has 0 unspecified atom stereocenters. The second kappa shape index (κ2) is 9.55. The zero-order valence-corrected chi connectivity index (χ0v) is 13.4. The van der Waals surface area contributed by atoms with Gasteiger partial charge in [0.1, 0.15) is 0 Å². The first-order valence-electron chi connectivity index (χ1n) is 7.29. The lowest BCUT2D eigenvalue weighted by Gasteiger charge is -2.20. The fourth-order valence-corrected chi connectivity index (χ4v) is 2.34. The van der Waals surface area contributed by atoms with E-state index in [1.807, 2.05) is 16.9 Å². The van der Waals surface area contributed by atoms with E-state index in [1.165, 1.54) is 11.1 Å². The van der Waals surface area contributed by atoms with Gasteiger partial charge in [0.25, 0.3) is 0 Å². The van der Waals surface area contributed by atoms with E-state index >= 15 is 0 Å². The highest BCUT2D eigenvalue weighted by atomic mass is 35.5. The molecule has 0 bridgehead atoms. The van der Waals surface area contributed by atoms with Crippen LogP contribution < -0.4 is 5.73 Å². The van der Waals surface area contributed by atoms with Crippen molar-refractivity contribution in [2.24, 2.45) is 5.73 Å². The van der Waals surface area contributed by atoms with Crippen molar-refractivity contribution < 1.29 is 0 Å². The lowest BCUT2D eigenvalue weighted by Crippen LogP contribution is -2.28. The highest BCUT2D eigenvalue weighted by Crippen LogP contribution is 2.09. The first kappa shape index (κ1) is 17.7. The Kier molecular flexibility index (Phi) is 8.05. The largest absolute Gasteiger partial charge is 0.329 e. The van der Waals surface area contributed by atoms with Crippen LogP contribution in [0.25, 0.3) is 0 Å². The molecular formula is C16H25ClN4. The third-order valence-corrected chi connectivity index (χ3v) is 3.24. The van der Waals surface area contributed by atoms with Gasteiger partial charge in [0.2, 0.25) is 0 Å². The molecular weight excluding hydrogens is 284 g/mol. The summed E-state index contributed by atoms with van der Waals surface area (Å²) in [6, 6.07) is 10.5. The van der Waals surface area contributed by atoms with E-state index in [1.54, 1.807) is 0 Å². The Labute approximate surface area is 133 Å². The molecule has 0 atom stereocenters. The van der Waals surface area contributed by atoms with Gasteiger partial charge in [-0.05, 0) is 12.0 Å². The van der Waals surface area contributed by atoms with Crippen LogP contribution in [0.4, 0.5) is 0 Å². The lowest BCUT2D eigenvalue weighted by molar-refractivity contribution is 0.264. The van der Waals surface area contributed by atoms with Crippen molar-refractivity contribution in [2.45, 2.75) is 33.0 Å². The van der Waals surface area contributed by atoms with Crippen molar-refractivity contribution in [3.8, 4) is 0 Å². The first-order chi connectivity index (χ1) is 9.81. The number of hydrogen-bond donors (Lipinski definition) is 1. The van der Waals surface area contributed by atoms with Crippen LogP contribution in [-0.2, 0) is 19.6 Å². The topological polar surface area (TPSA) is 47.1 Å². The minimum absolute atomic E-state index is 0. The van der Waals surface area contributed by atoms with Crippen molar-refractivity contribution >= 4 is 12.4 Å². The van der Waals surface area contributed by atoms with Gasteiger partial charge in [-0.3, -0.25) is 9.58 Å². The van der Waals surface area contributed by atoms with Crippen LogP contribution in [0, 0.1) is 0 Å². The molecule has 0 amide bonds. The smallest absolute Gasteiger partial charge is 0.0534 e. The number of aryl methyl sites for hydroxylation is 1. The summed E-state index contributed by atoms with van der Waals surface area (Å²) in [6.45, 7) is 6.55. The van der Waals surface area contributed by atoms with Gasteiger partial charge in [-0.15, -0.1) is 12.4 Å². The monoisotopic (exact) mass is 308 g/mol. The predicted octanol–water partition coefficient (Wildman–Crippen LogP) is 2.68. The van der Waals surface area contributed by atoms with Gasteiger partial charge in [-0.2, -0.15) is 5.10 Å². The van der Waals surface area contributed by atoms with Gasteiger partial charge in [-0.25, -0.2) is 0 Å². The van der Waals surface area contributed by atoms with Crippen molar-refractivity contribution in [1.29, 1.82) is 0 Å². The van der Waals surface area contributed by atoms with Gasteiger partial charge in [0.05, 0.1) is 6.20 Å². The third-order valence-electron chi connectivity index (χ3n) is 3.24. The SMILES string of the molecule is CCCn1cc(CN(CCN)Cc2ccccc2)cn1.Cl. The maximum Gasteiger partial charge on any atom is 0.0534 e. The molecule has 1 aromatic heterocycles. The van der Waals surface area contributed by atoms with Crippen molar-refractivity contribution in [3.05, 3.63) is 53.9 Å². The zero-order chi connectivity index (χ0) is 14.2. The number of nitrogens with zero attached hydrogens (tertiary/aromatic N) is 3. The minimum atomic E-state index is 0. The molecule has 116 valence electrons. The van der Waals surface area contributed by atoms with Crippen LogP contribution in [0.15, 0.2) is 42.7 Å². The van der Waals surface area contributed by atoms with E-state index in [-0.39, 0.29) is 12.4 Å². The Morgan fingerprint density at radius 1 is 1.14 bits per heavy atom. The van der Waals surface area contributed by atoms with Crippen LogP contribution in [0.5, 0.6) is 0 Å². The maximum atomic E-state index is 5.73. The Hall–Kier alpha value is -1.36. The molecule has 5 heteroatoms. The summed E-state index contributed by atoms with van der Waals surface area (Å²) >= 11 is 0. The predicted molar refractivity (Wildman–Crippen MR) is 89.4 cm³/mol. The Balaban J connectivity index is 0.00000220. The average molecular weight is 309 g/mol. The molecule has 2 N–H and O–H groups in total. The number of hydrogen-bond acceptors (Lipinski definition) is 3. The van der Waals surface area contributed by atoms with Gasteiger partial charge in [0, 0.05) is 44.5 Å². The van der Waals surface area contributed by atoms with Crippen LogP contribution in [0.1, 0.15) is 24.5 Å². The molecule has 2 rings (SSSR count). The molecule has 0 saturated carbocycles. The highest BCUT2D eigenvalue weighted by molar-refractivity contribution is 5.85. The van der Waals surface area contributed by atoms with E-state index in [0.29, 0.717) is 6.54 Å². The van der Waals surface area contributed by atoms with E-state index < -0.39 is 0 Å². The maximum absolute atomic E-state index is 5.73. The third kappa shape index (κ3) is 5.87. The molecule has 0 fully saturated rings. The quantitative estimate of drug-likeness (QED) is 0.815. The minimum Gasteiger partial charge on any atom is -0.329 e. The number of rotatable bonds is 8. The lowest BCUT2D eigenvalue weighted by atomic mass is 10.2. The standard InChI is InChI=1S/C16H24N4.ClH/c1-2-9-20-14-16(11-18-20)13-19(10-8-17)12-15-6-4-3-5-7-15;/h3-7,11,14H,2,8-10,12-13,17H2,1H3;1H. The van der Waals surface area contributed by atoms with Gasteiger partial charge < -0.3 is 5.73 Å². The van der Waals surface area contributed by atoms with Crippen molar-refractivity contribution in [3.63, 3.8) is 0 Å². The number of aromatic nitrogens is 2. The first-order valence-corrected chi connectivity index (χ1v) is 7.29. The molecule has 1 aromatic carbocycles. The Bertz CT molecular complexity index is 498. The molecule has 2 aromatic rings. The van der Waals surface area contributed by atoms with Crippen molar-refractivity contribution in [1.82, 2.24) is 14.7 Å². The molecule has 0 aliphatic rings. The summed E-state index contributed by atoms with van der Waals surface area (Å²) in [5, 5.41) is 4.38. The van der Waals surface area contributed by atoms with Gasteiger partial charge >= 0.3 is 0 Å². The van der Waals surface area contributed by atoms with Gasteiger partial charge in [-0.1, -0.05) is 37.3 Å². The molecule has 0 radical (unpaired) electrons. The van der Waals surface area contributed by atoms with Crippen LogP contribution in [0.3, 0.4) is 0 Å². The second-order valence-corrected chi connectivity index (χ2v) is 5.10. The Morgan fingerprint density at radius 3 is 2.52 bits per heavy atom. The highest BCUT2D eigenvalue weighted by Gasteiger charge is 2.08. The fraction of sp³-hybridized carbons (Fsp3) is 0.438. The molecule has 0 saturated heterocycles. The van der Waals surface area contributed by atoms with E-state index in [0.717, 1.165) is 32.6 Å². The van der Waals surface area contributed by atoms with E-state index in [2.05, 4.69) is 47.4 Å². The normalized spacial score (nSPS) is 10.6. The summed E-state index contributed by atoms with van der Waals surface area (Å²) in [5.41, 5.74) is 8.30. The Morgan fingerprint density at radius 2 is 1.86 bits per heavy atom. The average Bonchev–Trinajstić information content (AvgIpc) is 2.88. The second-order valence-electron chi connectivity index (χ2n) is 5.10. The van der Waals surface area contributed by atoms with E-state index in [4.69, 9.17) is 5.73 Å². The van der Waals surface area contributed by atoms with Crippen molar-refractivity contribution in [2.75, 3.05) is 13.1 Å². The number of benzene rings is 1.